The molecule has 0 aromatic heterocycles. The first-order valence-electron chi connectivity index (χ1n) is 7.17. The Bertz CT molecular complexity index is 521. The quantitative estimate of drug-likeness (QED) is 0.888. The molecule has 2 atom stereocenters. The van der Waals surface area contributed by atoms with Crippen molar-refractivity contribution in [2.75, 3.05) is 18.4 Å². The molecular formula is C15H19BrN2O2. The monoisotopic (exact) mass is 338 g/mol. The zero-order valence-corrected chi connectivity index (χ0v) is 12.9. The first-order chi connectivity index (χ1) is 9.63. The molecule has 0 amide bonds. The zero-order valence-electron chi connectivity index (χ0n) is 11.3. The maximum absolute atomic E-state index is 11.0. The highest BCUT2D eigenvalue weighted by atomic mass is 79.9. The molecule has 2 aliphatic rings. The maximum Gasteiger partial charge on any atom is 0.336 e. The van der Waals surface area contributed by atoms with Gasteiger partial charge in [-0.25, -0.2) is 4.79 Å². The molecule has 20 heavy (non-hydrogen) atoms. The van der Waals surface area contributed by atoms with Crippen molar-refractivity contribution < 1.29 is 9.90 Å². The summed E-state index contributed by atoms with van der Waals surface area (Å²) in [6.45, 7) is 2.44. The highest BCUT2D eigenvalue weighted by molar-refractivity contribution is 9.10. The average Bonchev–Trinajstić information content (AvgIpc) is 2.85. The van der Waals surface area contributed by atoms with E-state index in [0.29, 0.717) is 16.1 Å². The van der Waals surface area contributed by atoms with Crippen LogP contribution >= 0.6 is 15.9 Å². The third kappa shape index (κ3) is 2.83. The van der Waals surface area contributed by atoms with Gasteiger partial charge in [-0.15, -0.1) is 0 Å². The minimum Gasteiger partial charge on any atom is -0.478 e. The van der Waals surface area contributed by atoms with Gasteiger partial charge in [-0.1, -0.05) is 0 Å². The van der Waals surface area contributed by atoms with E-state index in [1.165, 1.54) is 32.4 Å². The van der Waals surface area contributed by atoms with Crippen molar-refractivity contribution in [3.63, 3.8) is 0 Å². The number of benzene rings is 1. The Morgan fingerprint density at radius 1 is 1.35 bits per heavy atom. The lowest BCUT2D eigenvalue weighted by molar-refractivity contribution is 0.0696. The Balaban J connectivity index is 1.66. The number of hydrogen-bond acceptors (Lipinski definition) is 3. The normalized spacial score (nSPS) is 26.2. The van der Waals surface area contributed by atoms with Gasteiger partial charge >= 0.3 is 5.97 Å². The molecule has 2 N–H and O–H groups in total. The second kappa shape index (κ2) is 5.74. The van der Waals surface area contributed by atoms with Crippen LogP contribution in [0.15, 0.2) is 22.7 Å². The lowest BCUT2D eigenvalue weighted by Crippen LogP contribution is -2.42. The molecule has 2 unspecified atom stereocenters. The molecule has 108 valence electrons. The van der Waals surface area contributed by atoms with Gasteiger partial charge in [-0.05, 0) is 66.4 Å². The van der Waals surface area contributed by atoms with Gasteiger partial charge in [-0.3, -0.25) is 0 Å². The summed E-state index contributed by atoms with van der Waals surface area (Å²) in [5.41, 5.74) is 1.31. The van der Waals surface area contributed by atoms with E-state index in [9.17, 15) is 4.79 Å². The Morgan fingerprint density at radius 2 is 2.20 bits per heavy atom. The van der Waals surface area contributed by atoms with Crippen molar-refractivity contribution in [2.24, 2.45) is 0 Å². The van der Waals surface area contributed by atoms with Gasteiger partial charge < -0.3 is 15.3 Å². The fraction of sp³-hybridized carbons (Fsp3) is 0.533. The van der Waals surface area contributed by atoms with Crippen molar-refractivity contribution >= 4 is 27.6 Å². The highest BCUT2D eigenvalue weighted by Gasteiger charge is 2.31. The van der Waals surface area contributed by atoms with E-state index in [2.05, 4.69) is 26.1 Å². The maximum atomic E-state index is 11.0. The number of anilines is 1. The van der Waals surface area contributed by atoms with Crippen LogP contribution in [0, 0.1) is 0 Å². The zero-order chi connectivity index (χ0) is 14.1. The Hall–Kier alpha value is -1.07. The molecule has 5 heteroatoms. The van der Waals surface area contributed by atoms with Crippen LogP contribution < -0.4 is 5.32 Å². The van der Waals surface area contributed by atoms with Crippen LogP contribution in [0.1, 0.15) is 36.0 Å². The second-order valence-corrected chi connectivity index (χ2v) is 6.55. The molecule has 4 nitrogen and oxygen atoms in total. The summed E-state index contributed by atoms with van der Waals surface area (Å²) in [5.74, 6) is -0.900. The van der Waals surface area contributed by atoms with E-state index in [-0.39, 0.29) is 0 Å². The minimum absolute atomic E-state index is 0.307. The van der Waals surface area contributed by atoms with Crippen LogP contribution in [0.4, 0.5) is 5.69 Å². The molecule has 0 saturated carbocycles. The molecule has 2 heterocycles. The molecule has 0 radical (unpaired) electrons. The lowest BCUT2D eigenvalue weighted by atomic mass is 9.97. The van der Waals surface area contributed by atoms with Crippen LogP contribution in [-0.2, 0) is 0 Å². The number of carboxylic acid groups (broad SMARTS) is 1. The fourth-order valence-corrected chi connectivity index (χ4v) is 3.92. The predicted molar refractivity (Wildman–Crippen MR) is 82.3 cm³/mol. The summed E-state index contributed by atoms with van der Waals surface area (Å²) in [4.78, 5) is 13.6. The van der Waals surface area contributed by atoms with E-state index in [1.54, 1.807) is 6.07 Å². The third-order valence-corrected chi connectivity index (χ3v) is 5.05. The Kier molecular flexibility index (Phi) is 3.98. The second-order valence-electron chi connectivity index (χ2n) is 5.70. The summed E-state index contributed by atoms with van der Waals surface area (Å²) in [6.07, 6.45) is 5.00. The number of carbonyl (C=O) groups is 1. The summed E-state index contributed by atoms with van der Waals surface area (Å²) in [6, 6.07) is 6.61. The standard InChI is InChI=1S/C15H19BrN2O2/c16-14-9-10(3-4-13(14)15(19)20)17-11-5-7-18-6-1-2-12(18)8-11/h3-4,9,11-12,17H,1-2,5-8H2,(H,19,20). The first kappa shape index (κ1) is 13.9. The molecule has 0 aliphatic carbocycles. The molecule has 2 aliphatic heterocycles. The molecule has 0 bridgehead atoms. The topological polar surface area (TPSA) is 52.6 Å². The van der Waals surface area contributed by atoms with Crippen molar-refractivity contribution in [3.05, 3.63) is 28.2 Å². The highest BCUT2D eigenvalue weighted by Crippen LogP contribution is 2.29. The summed E-state index contributed by atoms with van der Waals surface area (Å²) < 4.78 is 0.633. The van der Waals surface area contributed by atoms with E-state index in [0.717, 1.165) is 18.2 Å². The number of hydrogen-bond donors (Lipinski definition) is 2. The number of aromatic carboxylic acids is 1. The molecule has 2 fully saturated rings. The Morgan fingerprint density at radius 3 is 2.95 bits per heavy atom. The third-order valence-electron chi connectivity index (χ3n) is 4.39. The van der Waals surface area contributed by atoms with Crippen molar-refractivity contribution in [2.45, 2.75) is 37.8 Å². The molecule has 1 aromatic carbocycles. The molecule has 2 saturated heterocycles. The number of piperidine rings is 1. The van der Waals surface area contributed by atoms with E-state index in [1.807, 2.05) is 12.1 Å². The Labute approximate surface area is 127 Å². The minimum atomic E-state index is -0.900. The van der Waals surface area contributed by atoms with E-state index >= 15 is 0 Å². The van der Waals surface area contributed by atoms with Gasteiger partial charge in [0.1, 0.15) is 0 Å². The summed E-state index contributed by atoms with van der Waals surface area (Å²) in [7, 11) is 0. The lowest BCUT2D eigenvalue weighted by Gasteiger charge is -2.35. The van der Waals surface area contributed by atoms with Crippen LogP contribution in [-0.4, -0.2) is 41.1 Å². The van der Waals surface area contributed by atoms with Gasteiger partial charge in [-0.2, -0.15) is 0 Å². The number of fused-ring (bicyclic) bond motifs is 1. The van der Waals surface area contributed by atoms with Crippen LogP contribution in [0.3, 0.4) is 0 Å². The van der Waals surface area contributed by atoms with Crippen molar-refractivity contribution in [1.82, 2.24) is 4.90 Å². The largest absolute Gasteiger partial charge is 0.478 e. The van der Waals surface area contributed by atoms with Gasteiger partial charge in [0.15, 0.2) is 0 Å². The number of nitrogens with one attached hydrogen (secondary N) is 1. The summed E-state index contributed by atoms with van der Waals surface area (Å²) >= 11 is 3.33. The fourth-order valence-electron chi connectivity index (χ4n) is 3.37. The molecule has 1 aromatic rings. The summed E-state index contributed by atoms with van der Waals surface area (Å²) in [5, 5.41) is 12.6. The number of rotatable bonds is 3. The van der Waals surface area contributed by atoms with Gasteiger partial charge in [0.2, 0.25) is 0 Å². The van der Waals surface area contributed by atoms with Crippen LogP contribution in [0.2, 0.25) is 0 Å². The predicted octanol–water partition coefficient (Wildman–Crippen LogP) is 3.19. The van der Waals surface area contributed by atoms with Gasteiger partial charge in [0.05, 0.1) is 5.56 Å². The number of halogens is 1. The van der Waals surface area contributed by atoms with Crippen LogP contribution in [0.25, 0.3) is 0 Å². The number of nitrogens with zero attached hydrogens (tertiary/aromatic N) is 1. The van der Waals surface area contributed by atoms with Crippen molar-refractivity contribution in [1.29, 1.82) is 0 Å². The smallest absolute Gasteiger partial charge is 0.336 e. The van der Waals surface area contributed by atoms with E-state index in [4.69, 9.17) is 5.11 Å². The van der Waals surface area contributed by atoms with Gasteiger partial charge in [0.25, 0.3) is 0 Å². The molecule has 0 spiro atoms. The number of carboxylic acids is 1. The molecular weight excluding hydrogens is 320 g/mol. The first-order valence-corrected chi connectivity index (χ1v) is 7.96. The van der Waals surface area contributed by atoms with Gasteiger partial charge in [0, 0.05) is 28.8 Å². The van der Waals surface area contributed by atoms with Crippen molar-refractivity contribution in [3.8, 4) is 0 Å². The molecule has 3 rings (SSSR count). The average molecular weight is 339 g/mol. The van der Waals surface area contributed by atoms with E-state index < -0.39 is 5.97 Å². The van der Waals surface area contributed by atoms with Crippen LogP contribution in [0.5, 0.6) is 0 Å². The SMILES string of the molecule is O=C(O)c1ccc(NC2CCN3CCCC3C2)cc1Br.